The number of carbonyl (C=O) groups excluding carboxylic acids is 1. The minimum atomic E-state index is -3.56. The van der Waals surface area contributed by atoms with Gasteiger partial charge in [-0.3, -0.25) is 4.79 Å². The number of benzene rings is 1. The summed E-state index contributed by atoms with van der Waals surface area (Å²) in [6.45, 7) is 4.33. The fraction of sp³-hybridized carbons (Fsp3) is 0.500. The Morgan fingerprint density at radius 3 is 2.45 bits per heavy atom. The van der Waals surface area contributed by atoms with Crippen molar-refractivity contribution in [3.05, 3.63) is 24.3 Å². The van der Waals surface area contributed by atoms with Crippen LogP contribution in [0.2, 0.25) is 0 Å². The molecule has 1 aromatic carbocycles. The fourth-order valence-corrected chi connectivity index (χ4v) is 4.19. The van der Waals surface area contributed by atoms with Gasteiger partial charge in [0.05, 0.1) is 10.8 Å². The molecule has 0 aromatic heterocycles. The van der Waals surface area contributed by atoms with Crippen LogP contribution >= 0.6 is 23.2 Å². The second-order valence-corrected chi connectivity index (χ2v) is 8.60. The van der Waals surface area contributed by atoms with Crippen LogP contribution in [0.25, 0.3) is 0 Å². The number of sulfonamides is 1. The van der Waals surface area contributed by atoms with Gasteiger partial charge in [-0.25, -0.2) is 8.42 Å². The molecule has 22 heavy (non-hydrogen) atoms. The van der Waals surface area contributed by atoms with Crippen LogP contribution in [0.5, 0.6) is 0 Å². The Balaban J connectivity index is 2.19. The van der Waals surface area contributed by atoms with E-state index in [-0.39, 0.29) is 10.8 Å². The molecule has 0 aliphatic heterocycles. The summed E-state index contributed by atoms with van der Waals surface area (Å²) in [6, 6.07) is 6.17. The van der Waals surface area contributed by atoms with E-state index in [2.05, 4.69) is 5.32 Å². The molecule has 0 saturated heterocycles. The van der Waals surface area contributed by atoms with Crippen molar-refractivity contribution in [3.8, 4) is 0 Å². The van der Waals surface area contributed by atoms with Crippen molar-refractivity contribution < 1.29 is 13.2 Å². The molecule has 1 saturated carbocycles. The average molecular weight is 365 g/mol. The Morgan fingerprint density at radius 1 is 1.36 bits per heavy atom. The zero-order valence-corrected chi connectivity index (χ0v) is 14.7. The normalized spacial score (nSPS) is 20.0. The van der Waals surface area contributed by atoms with E-state index in [1.807, 2.05) is 0 Å². The molecule has 0 radical (unpaired) electrons. The maximum absolute atomic E-state index is 12.5. The number of rotatable bonds is 6. The van der Waals surface area contributed by atoms with Crippen molar-refractivity contribution in [3.63, 3.8) is 0 Å². The summed E-state index contributed by atoms with van der Waals surface area (Å²) in [6.07, 6.45) is 0.402. The molecule has 0 bridgehead atoms. The van der Waals surface area contributed by atoms with Crippen molar-refractivity contribution in [2.45, 2.75) is 29.5 Å². The van der Waals surface area contributed by atoms with Gasteiger partial charge in [0.25, 0.3) is 0 Å². The first-order valence-corrected chi connectivity index (χ1v) is 9.21. The molecule has 1 fully saturated rings. The number of hydrogen-bond acceptors (Lipinski definition) is 3. The maximum Gasteiger partial charge on any atom is 0.243 e. The summed E-state index contributed by atoms with van der Waals surface area (Å²) in [7, 11) is -3.56. The average Bonchev–Trinajstić information content (AvgIpc) is 3.09. The first-order valence-electron chi connectivity index (χ1n) is 7.01. The van der Waals surface area contributed by atoms with Crippen LogP contribution in [0.3, 0.4) is 0 Å². The van der Waals surface area contributed by atoms with Crippen LogP contribution < -0.4 is 5.32 Å². The van der Waals surface area contributed by atoms with E-state index in [4.69, 9.17) is 23.2 Å². The van der Waals surface area contributed by atoms with Gasteiger partial charge >= 0.3 is 0 Å². The van der Waals surface area contributed by atoms with E-state index in [0.717, 1.165) is 0 Å². The monoisotopic (exact) mass is 364 g/mol. The van der Waals surface area contributed by atoms with Crippen LogP contribution in [0.15, 0.2) is 29.2 Å². The van der Waals surface area contributed by atoms with Gasteiger partial charge in [0.1, 0.15) is 4.33 Å². The molecule has 122 valence electrons. The van der Waals surface area contributed by atoms with E-state index in [0.29, 0.717) is 25.2 Å². The highest BCUT2D eigenvalue weighted by molar-refractivity contribution is 7.89. The summed E-state index contributed by atoms with van der Waals surface area (Å²) >= 11 is 11.7. The maximum atomic E-state index is 12.5. The molecule has 1 amide bonds. The van der Waals surface area contributed by atoms with Crippen molar-refractivity contribution in [1.82, 2.24) is 4.31 Å². The summed E-state index contributed by atoms with van der Waals surface area (Å²) in [4.78, 5) is 12.1. The van der Waals surface area contributed by atoms with Gasteiger partial charge in [-0.2, -0.15) is 4.31 Å². The smallest absolute Gasteiger partial charge is 0.243 e. The largest absolute Gasteiger partial charge is 0.326 e. The molecule has 8 heteroatoms. The highest BCUT2D eigenvalue weighted by atomic mass is 35.5. The summed E-state index contributed by atoms with van der Waals surface area (Å²) in [5, 5.41) is 2.66. The Bertz CT molecular complexity index is 672. The topological polar surface area (TPSA) is 66.5 Å². The molecule has 2 rings (SSSR count). The second-order valence-electron chi connectivity index (χ2n) is 5.12. The van der Waals surface area contributed by atoms with Gasteiger partial charge in [-0.05, 0) is 24.6 Å². The first-order chi connectivity index (χ1) is 10.2. The number of halogens is 2. The number of anilines is 1. The Labute approximate surface area is 140 Å². The number of alkyl halides is 2. The molecule has 1 atom stereocenters. The number of nitrogens with one attached hydrogen (secondary N) is 1. The summed E-state index contributed by atoms with van der Waals surface area (Å²) < 4.78 is 25.3. The van der Waals surface area contributed by atoms with Gasteiger partial charge in [0, 0.05) is 18.8 Å². The predicted molar refractivity (Wildman–Crippen MR) is 87.7 cm³/mol. The Morgan fingerprint density at radius 2 is 1.95 bits per heavy atom. The lowest BCUT2D eigenvalue weighted by Gasteiger charge is -2.18. The SMILES string of the molecule is CCN(CC)S(=O)(=O)c1cccc(NC(=O)[C@H]2CC2(Cl)Cl)c1. The quantitative estimate of drug-likeness (QED) is 0.789. The Hall–Kier alpha value is -0.820. The molecule has 1 N–H and O–H groups in total. The lowest BCUT2D eigenvalue weighted by atomic mass is 10.3. The molecule has 5 nitrogen and oxygen atoms in total. The highest BCUT2D eigenvalue weighted by Gasteiger charge is 2.56. The number of hydrogen-bond donors (Lipinski definition) is 1. The van der Waals surface area contributed by atoms with E-state index in [9.17, 15) is 13.2 Å². The van der Waals surface area contributed by atoms with Crippen LogP contribution in [0, 0.1) is 5.92 Å². The van der Waals surface area contributed by atoms with Crippen molar-refractivity contribution >= 4 is 44.8 Å². The van der Waals surface area contributed by atoms with Crippen molar-refractivity contribution in [1.29, 1.82) is 0 Å². The molecule has 1 aliphatic carbocycles. The zero-order chi connectivity index (χ0) is 16.5. The molecule has 1 aliphatic rings. The van der Waals surface area contributed by atoms with Gasteiger partial charge < -0.3 is 5.32 Å². The Kier molecular flexibility index (Phi) is 5.06. The number of amides is 1. The standard InChI is InChI=1S/C14H18Cl2N2O3S/c1-3-18(4-2)22(20,21)11-7-5-6-10(8-11)17-13(19)12-9-14(12,15)16/h5-8,12H,3-4,9H2,1-2H3,(H,17,19)/t12-/m1/s1. The molecular weight excluding hydrogens is 347 g/mol. The molecule has 0 spiro atoms. The molecule has 0 heterocycles. The first kappa shape index (κ1) is 17.5. The third-order valence-corrected chi connectivity index (χ3v) is 6.47. The lowest BCUT2D eigenvalue weighted by Crippen LogP contribution is -2.30. The van der Waals surface area contributed by atoms with Crippen LogP contribution in [0.1, 0.15) is 20.3 Å². The molecule has 0 unspecified atom stereocenters. The fourth-order valence-electron chi connectivity index (χ4n) is 2.17. The predicted octanol–water partition coefficient (Wildman–Crippen LogP) is 2.85. The van der Waals surface area contributed by atoms with Crippen molar-refractivity contribution in [2.75, 3.05) is 18.4 Å². The second kappa shape index (κ2) is 6.35. The van der Waals surface area contributed by atoms with E-state index < -0.39 is 20.3 Å². The van der Waals surface area contributed by atoms with Crippen LogP contribution in [0.4, 0.5) is 5.69 Å². The third-order valence-electron chi connectivity index (χ3n) is 3.59. The van der Waals surface area contributed by atoms with Gasteiger partial charge in [-0.15, -0.1) is 23.2 Å². The van der Waals surface area contributed by atoms with Crippen LogP contribution in [-0.2, 0) is 14.8 Å². The van der Waals surface area contributed by atoms with Gasteiger partial charge in [-0.1, -0.05) is 19.9 Å². The van der Waals surface area contributed by atoms with E-state index in [1.165, 1.54) is 16.4 Å². The summed E-state index contributed by atoms with van der Waals surface area (Å²) in [5.41, 5.74) is 0.411. The zero-order valence-electron chi connectivity index (χ0n) is 12.3. The summed E-state index contributed by atoms with van der Waals surface area (Å²) in [5.74, 6) is -0.763. The molecule has 1 aromatic rings. The third kappa shape index (κ3) is 3.56. The molecular formula is C14H18Cl2N2O3S. The highest BCUT2D eigenvalue weighted by Crippen LogP contribution is 2.53. The van der Waals surface area contributed by atoms with Gasteiger partial charge in [0.2, 0.25) is 15.9 Å². The minimum absolute atomic E-state index is 0.146. The van der Waals surface area contributed by atoms with Crippen molar-refractivity contribution in [2.24, 2.45) is 5.92 Å². The number of carbonyl (C=O) groups is 1. The lowest BCUT2D eigenvalue weighted by molar-refractivity contribution is -0.117. The van der Waals surface area contributed by atoms with Crippen LogP contribution in [-0.4, -0.2) is 36.1 Å². The van der Waals surface area contributed by atoms with E-state index in [1.54, 1.807) is 26.0 Å². The van der Waals surface area contributed by atoms with Gasteiger partial charge in [0.15, 0.2) is 0 Å². The number of nitrogens with zero attached hydrogens (tertiary/aromatic N) is 1. The van der Waals surface area contributed by atoms with E-state index >= 15 is 0 Å². The minimum Gasteiger partial charge on any atom is -0.326 e.